The van der Waals surface area contributed by atoms with Gasteiger partial charge in [-0.15, -0.1) is 0 Å². The number of anilines is 3. The van der Waals surface area contributed by atoms with Gasteiger partial charge in [-0.3, -0.25) is 4.98 Å². The van der Waals surface area contributed by atoms with E-state index in [-0.39, 0.29) is 5.69 Å². The van der Waals surface area contributed by atoms with Crippen molar-refractivity contribution in [2.75, 3.05) is 17.2 Å². The van der Waals surface area contributed by atoms with Gasteiger partial charge >= 0.3 is 0 Å². The maximum atomic E-state index is 14.7. The van der Waals surface area contributed by atoms with Crippen molar-refractivity contribution in [3.05, 3.63) is 83.3 Å². The van der Waals surface area contributed by atoms with Crippen LogP contribution in [0.1, 0.15) is 29.3 Å². The molecule has 2 heterocycles. The van der Waals surface area contributed by atoms with Gasteiger partial charge in [-0.2, -0.15) is 0 Å². The van der Waals surface area contributed by atoms with Crippen molar-refractivity contribution in [3.63, 3.8) is 0 Å². The molecule has 0 saturated heterocycles. The average Bonchev–Trinajstić information content (AvgIpc) is 3.35. The molecule has 1 aliphatic carbocycles. The summed E-state index contributed by atoms with van der Waals surface area (Å²) in [6.07, 6.45) is 4.83. The minimum Gasteiger partial charge on any atom is -0.387 e. The monoisotopic (exact) mass is 420 g/mol. The quantitative estimate of drug-likeness (QED) is 0.345. The van der Waals surface area contributed by atoms with E-state index in [0.717, 1.165) is 22.0 Å². The molecule has 1 aliphatic rings. The highest BCUT2D eigenvalue weighted by Gasteiger charge is 2.24. The summed E-state index contributed by atoms with van der Waals surface area (Å²) in [7, 11) is 0. The number of nitrogens with zero attached hydrogens (tertiary/aromatic N) is 1. The molecule has 158 valence electrons. The molecule has 0 aliphatic heterocycles. The molecule has 7 heteroatoms. The van der Waals surface area contributed by atoms with E-state index in [1.165, 1.54) is 12.1 Å². The van der Waals surface area contributed by atoms with E-state index < -0.39 is 17.7 Å². The van der Waals surface area contributed by atoms with Crippen LogP contribution in [0.15, 0.2) is 54.9 Å². The predicted molar refractivity (Wildman–Crippen MR) is 118 cm³/mol. The molecule has 0 fully saturated rings. The van der Waals surface area contributed by atoms with E-state index in [4.69, 9.17) is 0 Å². The van der Waals surface area contributed by atoms with Gasteiger partial charge in [-0.25, -0.2) is 8.78 Å². The summed E-state index contributed by atoms with van der Waals surface area (Å²) < 4.78 is 29.3. The number of hydrogen-bond donors (Lipinski definition) is 4. The van der Waals surface area contributed by atoms with Gasteiger partial charge in [0.2, 0.25) is 0 Å². The van der Waals surface area contributed by atoms with E-state index in [2.05, 4.69) is 20.6 Å². The lowest BCUT2D eigenvalue weighted by Gasteiger charge is -2.14. The summed E-state index contributed by atoms with van der Waals surface area (Å²) in [5.41, 5.74) is 4.53. The van der Waals surface area contributed by atoms with Crippen molar-refractivity contribution >= 4 is 28.0 Å². The number of benzene rings is 2. The fourth-order valence-corrected chi connectivity index (χ4v) is 4.22. The van der Waals surface area contributed by atoms with Crippen LogP contribution in [0.5, 0.6) is 0 Å². The highest BCUT2D eigenvalue weighted by molar-refractivity contribution is 5.83. The zero-order valence-electron chi connectivity index (χ0n) is 16.8. The Morgan fingerprint density at radius 2 is 1.94 bits per heavy atom. The Labute approximate surface area is 178 Å². The van der Waals surface area contributed by atoms with E-state index in [1.54, 1.807) is 12.3 Å². The molecule has 0 saturated carbocycles. The number of aromatic nitrogens is 2. The van der Waals surface area contributed by atoms with Gasteiger partial charge in [-0.1, -0.05) is 18.2 Å². The fourth-order valence-electron chi connectivity index (χ4n) is 4.22. The van der Waals surface area contributed by atoms with E-state index in [9.17, 15) is 13.9 Å². The first-order chi connectivity index (χ1) is 15.1. The van der Waals surface area contributed by atoms with Crippen molar-refractivity contribution < 1.29 is 13.9 Å². The van der Waals surface area contributed by atoms with Gasteiger partial charge in [0.1, 0.15) is 5.69 Å². The molecule has 1 atom stereocenters. The molecule has 4 N–H and O–H groups in total. The molecule has 0 unspecified atom stereocenters. The second-order valence-electron chi connectivity index (χ2n) is 7.75. The molecule has 5 nitrogen and oxygen atoms in total. The first kappa shape index (κ1) is 19.5. The van der Waals surface area contributed by atoms with Crippen molar-refractivity contribution in [1.82, 2.24) is 9.97 Å². The molecule has 2 aromatic carbocycles. The van der Waals surface area contributed by atoms with Gasteiger partial charge in [0.05, 0.1) is 11.8 Å². The number of aliphatic hydroxyl groups is 1. The number of halogens is 2. The number of fused-ring (bicyclic) bond motifs is 2. The standard InChI is InChI=1S/C24H22F2N4O/c25-18-11-15(30-21-8-10-27-23-17(21)5-6-22(23)31)12-19(26)24(18)28-9-7-14-13-29-20-4-2-1-3-16(14)20/h1-4,8,10-13,22,28-29,31H,5-7,9H2,(H,27,30)/t22-/m1/s1. The Morgan fingerprint density at radius 3 is 2.77 bits per heavy atom. The number of pyridine rings is 1. The second kappa shape index (κ2) is 8.00. The number of H-pyrrole nitrogens is 1. The Kier molecular flexibility index (Phi) is 5.03. The predicted octanol–water partition coefficient (Wildman–Crippen LogP) is 5.22. The van der Waals surface area contributed by atoms with Gasteiger partial charge in [0, 0.05) is 41.2 Å². The summed E-state index contributed by atoms with van der Waals surface area (Å²) in [5.74, 6) is -1.32. The fraction of sp³-hybridized carbons (Fsp3) is 0.208. The average molecular weight is 420 g/mol. The van der Waals surface area contributed by atoms with E-state index >= 15 is 0 Å². The number of hydrogen-bond acceptors (Lipinski definition) is 4. The third kappa shape index (κ3) is 3.72. The second-order valence-corrected chi connectivity index (χ2v) is 7.75. The normalized spacial score (nSPS) is 15.3. The SMILES string of the molecule is O[C@@H]1CCc2c(Nc3cc(F)c(NCCc4c[nH]c5ccccc45)c(F)c3)ccnc21. The number of aromatic amines is 1. The Bertz CT molecular complexity index is 1230. The largest absolute Gasteiger partial charge is 0.387 e. The zero-order valence-corrected chi connectivity index (χ0v) is 16.8. The van der Waals surface area contributed by atoms with Crippen LogP contribution in [0.3, 0.4) is 0 Å². The van der Waals surface area contributed by atoms with E-state index in [1.807, 2.05) is 30.5 Å². The van der Waals surface area contributed by atoms with Crippen LogP contribution in [0.2, 0.25) is 0 Å². The van der Waals surface area contributed by atoms with Gasteiger partial charge < -0.3 is 20.7 Å². The summed E-state index contributed by atoms with van der Waals surface area (Å²) in [5, 5.41) is 17.1. The highest BCUT2D eigenvalue weighted by atomic mass is 19.1. The summed E-state index contributed by atoms with van der Waals surface area (Å²) in [4.78, 5) is 7.42. The zero-order chi connectivity index (χ0) is 21.4. The molecule has 0 radical (unpaired) electrons. The molecule has 0 spiro atoms. The van der Waals surface area contributed by atoms with Crippen LogP contribution in [-0.2, 0) is 12.8 Å². The molecule has 5 rings (SSSR count). The highest BCUT2D eigenvalue weighted by Crippen LogP contribution is 2.35. The lowest BCUT2D eigenvalue weighted by Crippen LogP contribution is -2.09. The van der Waals surface area contributed by atoms with Crippen LogP contribution in [0, 0.1) is 11.6 Å². The minimum atomic E-state index is -0.660. The van der Waals surface area contributed by atoms with Crippen LogP contribution in [0.25, 0.3) is 10.9 Å². The Balaban J connectivity index is 1.30. The first-order valence-electron chi connectivity index (χ1n) is 10.3. The lowest BCUT2D eigenvalue weighted by molar-refractivity contribution is 0.176. The van der Waals surface area contributed by atoms with Crippen LogP contribution >= 0.6 is 0 Å². The molecule has 2 aromatic heterocycles. The van der Waals surface area contributed by atoms with Crippen LogP contribution in [-0.4, -0.2) is 21.6 Å². The number of rotatable bonds is 6. The Morgan fingerprint density at radius 1 is 1.13 bits per heavy atom. The van der Waals surface area contributed by atoms with Gasteiger partial charge in [0.15, 0.2) is 11.6 Å². The van der Waals surface area contributed by atoms with Crippen molar-refractivity contribution in [2.45, 2.75) is 25.4 Å². The van der Waals surface area contributed by atoms with Crippen LogP contribution in [0.4, 0.5) is 25.8 Å². The topological polar surface area (TPSA) is 73.0 Å². The number of nitrogens with one attached hydrogen (secondary N) is 3. The maximum absolute atomic E-state index is 14.7. The van der Waals surface area contributed by atoms with Gasteiger partial charge in [-0.05, 0) is 54.7 Å². The third-order valence-corrected chi connectivity index (χ3v) is 5.76. The molecule has 4 aromatic rings. The number of para-hydroxylation sites is 1. The Hall–Kier alpha value is -3.45. The van der Waals surface area contributed by atoms with Crippen LogP contribution < -0.4 is 10.6 Å². The first-order valence-corrected chi connectivity index (χ1v) is 10.3. The molecular formula is C24H22F2N4O. The van der Waals surface area contributed by atoms with Crippen molar-refractivity contribution in [2.24, 2.45) is 0 Å². The molecule has 0 bridgehead atoms. The molecule has 0 amide bonds. The summed E-state index contributed by atoms with van der Waals surface area (Å²) in [6, 6.07) is 12.2. The maximum Gasteiger partial charge on any atom is 0.151 e. The molecular weight excluding hydrogens is 398 g/mol. The third-order valence-electron chi connectivity index (χ3n) is 5.76. The lowest BCUT2D eigenvalue weighted by atomic mass is 10.1. The number of aliphatic hydroxyl groups excluding tert-OH is 1. The summed E-state index contributed by atoms with van der Waals surface area (Å²) in [6.45, 7) is 0.401. The van der Waals surface area contributed by atoms with Gasteiger partial charge in [0.25, 0.3) is 0 Å². The van der Waals surface area contributed by atoms with Crippen molar-refractivity contribution in [1.29, 1.82) is 0 Å². The van der Waals surface area contributed by atoms with Crippen molar-refractivity contribution in [3.8, 4) is 0 Å². The minimum absolute atomic E-state index is 0.138. The molecule has 31 heavy (non-hydrogen) atoms. The summed E-state index contributed by atoms with van der Waals surface area (Å²) >= 11 is 0. The van der Waals surface area contributed by atoms with E-state index in [0.29, 0.717) is 42.9 Å². The smallest absolute Gasteiger partial charge is 0.151 e.